The number of fused-ring (bicyclic) bond motifs is 1. The third kappa shape index (κ3) is 12.9. The van der Waals surface area contributed by atoms with Crippen molar-refractivity contribution in [2.75, 3.05) is 82.5 Å². The molecule has 1 amide bonds. The fourth-order valence-corrected chi connectivity index (χ4v) is 7.87. The molecular formula is C45H73N7O5. The van der Waals surface area contributed by atoms with E-state index in [2.05, 4.69) is 89.0 Å². The number of piperazine rings is 1. The molecule has 2 saturated heterocycles. The summed E-state index contributed by atoms with van der Waals surface area (Å²) in [7, 11) is 1.76. The number of anilines is 2. The smallest absolute Gasteiger partial charge is 0.302 e. The fraction of sp³-hybridized carbons (Fsp3) is 0.667. The first-order valence-corrected chi connectivity index (χ1v) is 21.7. The van der Waals surface area contributed by atoms with Crippen LogP contribution in [0, 0.1) is 5.41 Å². The highest BCUT2D eigenvalue weighted by atomic mass is 16.5. The first-order chi connectivity index (χ1) is 27.6. The van der Waals surface area contributed by atoms with Crippen LogP contribution in [0.2, 0.25) is 0 Å². The maximum Gasteiger partial charge on any atom is 0.302 e. The normalized spacial score (nSPS) is 16.6. The van der Waals surface area contributed by atoms with E-state index in [4.69, 9.17) is 19.2 Å². The van der Waals surface area contributed by atoms with Gasteiger partial charge < -0.3 is 28.6 Å². The van der Waals surface area contributed by atoms with Crippen LogP contribution >= 0.6 is 0 Å². The molecule has 1 aromatic carbocycles. The lowest BCUT2D eigenvalue weighted by Gasteiger charge is -2.36. The van der Waals surface area contributed by atoms with E-state index >= 15 is 0 Å². The van der Waals surface area contributed by atoms with Crippen LogP contribution in [0.25, 0.3) is 22.2 Å². The molecule has 318 valence electrons. The van der Waals surface area contributed by atoms with Crippen molar-refractivity contribution in [2.45, 2.75) is 119 Å². The van der Waals surface area contributed by atoms with Gasteiger partial charge in [-0.25, -0.2) is 5.43 Å². The van der Waals surface area contributed by atoms with Gasteiger partial charge in [-0.2, -0.15) is 0 Å². The Bertz CT molecular complexity index is 1680. The minimum atomic E-state index is -0.278. The number of nitrogens with zero attached hydrogens (tertiary/aromatic N) is 5. The summed E-state index contributed by atoms with van der Waals surface area (Å²) in [5.74, 6) is -0.247. The number of ether oxygens (including phenoxy) is 3. The highest BCUT2D eigenvalue weighted by molar-refractivity contribution is 5.95. The molecule has 0 radical (unpaired) electrons. The Hall–Kier alpha value is -3.71. The second kappa shape index (κ2) is 23.0. The van der Waals surface area contributed by atoms with Crippen LogP contribution in [0.4, 0.5) is 11.4 Å². The SMILES string of the molecule is CC.CCCCCCNNC=O.CCn1c(-c2cc(N3CCN(C4CC4)CC3)cnc2C(C)OC)c(CC(C)(C)COC(C)=O)c2cc(N3CCOCC3)ccc21. The number of amides is 1. The van der Waals surface area contributed by atoms with Gasteiger partial charge in [0.15, 0.2) is 0 Å². The second-order valence-corrected chi connectivity index (χ2v) is 16.0. The molecule has 1 atom stereocenters. The van der Waals surface area contributed by atoms with E-state index in [1.165, 1.54) is 72.6 Å². The van der Waals surface area contributed by atoms with Gasteiger partial charge in [0, 0.05) is 100 Å². The molecule has 2 N–H and O–H groups in total. The lowest BCUT2D eigenvalue weighted by Crippen LogP contribution is -2.47. The number of pyridine rings is 1. The number of methoxy groups -OCH3 is 1. The molecule has 4 heterocycles. The number of hydrogen-bond donors (Lipinski definition) is 2. The molecule has 2 aromatic heterocycles. The summed E-state index contributed by atoms with van der Waals surface area (Å²) < 4.78 is 19.6. The summed E-state index contributed by atoms with van der Waals surface area (Å²) >= 11 is 0. The lowest BCUT2D eigenvalue weighted by atomic mass is 9.84. The average Bonchev–Trinajstić information content (AvgIpc) is 4.05. The standard InChI is InChI=1S/C36H51N5O4.C7H16N2O.C2H6/c1-7-41-33-11-10-28(40-16-18-44-19-17-40)20-30(33)32(22-36(4,5)24-45-26(3)42)35(41)31-21-29(23-37-34(31)25(2)43-6)39-14-12-38(13-15-39)27-8-9-27;1-2-3-4-5-6-8-9-7-10;1-2/h10-11,20-21,23,25,27H,7-9,12-19,22,24H2,1-6H3;7-8H,2-6H2,1H3,(H,9,10);1-2H3. The van der Waals surface area contributed by atoms with E-state index in [-0.39, 0.29) is 17.5 Å². The molecule has 1 unspecified atom stereocenters. The van der Waals surface area contributed by atoms with Gasteiger partial charge >= 0.3 is 5.97 Å². The summed E-state index contributed by atoms with van der Waals surface area (Å²) in [4.78, 5) is 34.2. The van der Waals surface area contributed by atoms with Gasteiger partial charge in [-0.15, -0.1) is 0 Å². The zero-order valence-corrected chi connectivity index (χ0v) is 36.6. The number of hydrogen-bond acceptors (Lipinski definition) is 10. The number of morpholine rings is 1. The number of esters is 1. The highest BCUT2D eigenvalue weighted by Crippen LogP contribution is 2.43. The van der Waals surface area contributed by atoms with Gasteiger partial charge in [-0.05, 0) is 69.4 Å². The van der Waals surface area contributed by atoms with Crippen molar-refractivity contribution in [3.05, 3.63) is 41.7 Å². The van der Waals surface area contributed by atoms with Gasteiger partial charge in [0.05, 0.1) is 49.2 Å². The first kappa shape index (κ1) is 46.0. The van der Waals surface area contributed by atoms with E-state index in [0.717, 1.165) is 95.7 Å². The topological polar surface area (TPSA) is 113 Å². The van der Waals surface area contributed by atoms with Gasteiger partial charge in [-0.1, -0.05) is 53.9 Å². The minimum absolute atomic E-state index is 0.171. The number of carbonyl (C=O) groups is 2. The van der Waals surface area contributed by atoms with Gasteiger partial charge in [0.25, 0.3) is 0 Å². The Labute approximate surface area is 342 Å². The maximum absolute atomic E-state index is 11.8. The zero-order valence-electron chi connectivity index (χ0n) is 36.6. The Morgan fingerprint density at radius 1 is 1.00 bits per heavy atom. The molecule has 1 saturated carbocycles. The molecule has 1 aliphatic carbocycles. The van der Waals surface area contributed by atoms with E-state index in [0.29, 0.717) is 13.0 Å². The van der Waals surface area contributed by atoms with Crippen LogP contribution in [0.1, 0.15) is 111 Å². The molecule has 3 fully saturated rings. The number of nitrogens with one attached hydrogen (secondary N) is 2. The number of unbranched alkanes of at least 4 members (excludes halogenated alkanes) is 3. The van der Waals surface area contributed by atoms with Crippen LogP contribution in [-0.4, -0.2) is 106 Å². The van der Waals surface area contributed by atoms with Gasteiger partial charge in [0.1, 0.15) is 0 Å². The van der Waals surface area contributed by atoms with Crippen molar-refractivity contribution >= 4 is 34.7 Å². The molecule has 0 bridgehead atoms. The van der Waals surface area contributed by atoms with E-state index in [9.17, 15) is 9.59 Å². The average molecular weight is 792 g/mol. The third-order valence-electron chi connectivity index (χ3n) is 11.1. The summed E-state index contributed by atoms with van der Waals surface area (Å²) in [6.45, 7) is 25.9. The Kier molecular flexibility index (Phi) is 18.6. The first-order valence-electron chi connectivity index (χ1n) is 21.7. The van der Waals surface area contributed by atoms with Gasteiger partial charge in [0.2, 0.25) is 6.41 Å². The molecule has 0 spiro atoms. The van der Waals surface area contributed by atoms with E-state index in [1.807, 2.05) is 20.0 Å². The maximum atomic E-state index is 11.8. The zero-order chi connectivity index (χ0) is 41.4. The Balaban J connectivity index is 0.000000525. The molecule has 3 aliphatic rings. The highest BCUT2D eigenvalue weighted by Gasteiger charge is 2.33. The minimum Gasteiger partial charge on any atom is -0.465 e. The predicted molar refractivity (Wildman–Crippen MR) is 233 cm³/mol. The fourth-order valence-electron chi connectivity index (χ4n) is 7.87. The molecule has 3 aromatic rings. The summed E-state index contributed by atoms with van der Waals surface area (Å²) in [6.07, 6.45) is 10.9. The monoisotopic (exact) mass is 792 g/mol. The van der Waals surface area contributed by atoms with Crippen molar-refractivity contribution in [2.24, 2.45) is 5.41 Å². The second-order valence-electron chi connectivity index (χ2n) is 16.0. The van der Waals surface area contributed by atoms with E-state index < -0.39 is 0 Å². The lowest BCUT2D eigenvalue weighted by molar-refractivity contribution is -0.143. The molecule has 2 aliphatic heterocycles. The Morgan fingerprint density at radius 2 is 1.70 bits per heavy atom. The Morgan fingerprint density at radius 3 is 2.32 bits per heavy atom. The van der Waals surface area contributed by atoms with E-state index in [1.54, 1.807) is 7.11 Å². The summed E-state index contributed by atoms with van der Waals surface area (Å²) in [5.41, 5.74) is 13.0. The molecule has 6 rings (SSSR count). The van der Waals surface area contributed by atoms with Crippen LogP contribution in [0.5, 0.6) is 0 Å². The number of benzene rings is 1. The number of aromatic nitrogens is 2. The van der Waals surface area contributed by atoms with Crippen molar-refractivity contribution in [3.8, 4) is 11.3 Å². The number of hydrazine groups is 1. The summed E-state index contributed by atoms with van der Waals surface area (Å²) in [6, 6.07) is 10.1. The quantitative estimate of drug-likeness (QED) is 0.0581. The van der Waals surface area contributed by atoms with Crippen LogP contribution in [-0.2, 0) is 36.8 Å². The largest absolute Gasteiger partial charge is 0.465 e. The summed E-state index contributed by atoms with van der Waals surface area (Å²) in [5, 5.41) is 1.24. The van der Waals surface area contributed by atoms with Gasteiger partial charge in [-0.3, -0.25) is 24.9 Å². The van der Waals surface area contributed by atoms with Crippen molar-refractivity contribution in [1.82, 2.24) is 25.3 Å². The van der Waals surface area contributed by atoms with Crippen LogP contribution < -0.4 is 20.7 Å². The van der Waals surface area contributed by atoms with Crippen LogP contribution in [0.15, 0.2) is 30.5 Å². The van der Waals surface area contributed by atoms with Crippen molar-refractivity contribution in [1.29, 1.82) is 0 Å². The van der Waals surface area contributed by atoms with Crippen molar-refractivity contribution in [3.63, 3.8) is 0 Å². The molecular weight excluding hydrogens is 719 g/mol. The molecule has 57 heavy (non-hydrogen) atoms. The number of carbonyl (C=O) groups excluding carboxylic acids is 2. The number of aryl methyl sites for hydroxylation is 1. The van der Waals surface area contributed by atoms with Crippen molar-refractivity contribution < 1.29 is 23.8 Å². The molecule has 12 heteroatoms. The predicted octanol–water partition coefficient (Wildman–Crippen LogP) is 7.53. The number of rotatable bonds is 18. The van der Waals surface area contributed by atoms with Crippen LogP contribution in [0.3, 0.4) is 0 Å². The molecule has 12 nitrogen and oxygen atoms in total. The third-order valence-corrected chi connectivity index (χ3v) is 11.1.